The van der Waals surface area contributed by atoms with Gasteiger partial charge >= 0.3 is 0 Å². The second-order valence-electron chi connectivity index (χ2n) is 5.09. The van der Waals surface area contributed by atoms with Crippen molar-refractivity contribution in [3.8, 4) is 0 Å². The van der Waals surface area contributed by atoms with Crippen LogP contribution in [-0.4, -0.2) is 14.5 Å². The number of imidazole rings is 1. The maximum atomic E-state index is 6.40. The van der Waals surface area contributed by atoms with E-state index in [1.54, 1.807) is 30.9 Å². The van der Waals surface area contributed by atoms with Crippen molar-refractivity contribution in [1.29, 1.82) is 0 Å². The lowest BCUT2D eigenvalue weighted by molar-refractivity contribution is 0.682. The van der Waals surface area contributed by atoms with Gasteiger partial charge in [-0.2, -0.15) is 0 Å². The zero-order valence-electron chi connectivity index (χ0n) is 12.8. The highest BCUT2D eigenvalue weighted by atomic mass is 35.5. The number of nitrogens with zero attached hydrogens (tertiary/aromatic N) is 3. The van der Waals surface area contributed by atoms with E-state index < -0.39 is 0 Å². The molecule has 0 amide bonds. The van der Waals surface area contributed by atoms with E-state index in [-0.39, 0.29) is 17.7 Å². The molecule has 25 heavy (non-hydrogen) atoms. The van der Waals surface area contributed by atoms with Gasteiger partial charge in [0.2, 0.25) is 0 Å². The molecule has 1 atom stereocenters. The summed E-state index contributed by atoms with van der Waals surface area (Å²) in [5, 5.41) is 2.39. The Balaban J connectivity index is 0.00000225. The molecule has 4 nitrogen and oxygen atoms in total. The van der Waals surface area contributed by atoms with E-state index in [9.17, 15) is 0 Å². The van der Waals surface area contributed by atoms with Crippen LogP contribution in [0.2, 0.25) is 15.1 Å². The predicted octanol–water partition coefficient (Wildman–Crippen LogP) is 5.78. The molecule has 0 aliphatic rings. The van der Waals surface area contributed by atoms with Gasteiger partial charge in [0.05, 0.1) is 28.5 Å². The normalized spacial score (nSPS) is 11.8. The molecule has 132 valence electrons. The van der Waals surface area contributed by atoms with Crippen LogP contribution in [-0.2, 0) is 6.54 Å². The Morgan fingerprint density at radius 1 is 1.16 bits per heavy atom. The highest BCUT2D eigenvalue weighted by Crippen LogP contribution is 2.42. The molecule has 1 unspecified atom stereocenters. The van der Waals surface area contributed by atoms with Crippen molar-refractivity contribution < 1.29 is 0 Å². The lowest BCUT2D eigenvalue weighted by atomic mass is 10.1. The number of thioether (sulfide) groups is 1. The third kappa shape index (κ3) is 5.19. The van der Waals surface area contributed by atoms with Gasteiger partial charge in [0.25, 0.3) is 0 Å². The van der Waals surface area contributed by atoms with Gasteiger partial charge in [-0.1, -0.05) is 52.6 Å². The van der Waals surface area contributed by atoms with E-state index in [0.29, 0.717) is 32.3 Å². The molecule has 1 aromatic carbocycles. The number of anilines is 1. The maximum Gasteiger partial charge on any atom is 0.115 e. The van der Waals surface area contributed by atoms with Gasteiger partial charge in [-0.25, -0.2) is 9.97 Å². The van der Waals surface area contributed by atoms with Crippen molar-refractivity contribution in [1.82, 2.24) is 14.5 Å². The first-order chi connectivity index (χ1) is 11.5. The first kappa shape index (κ1) is 20.2. The molecule has 2 aromatic heterocycles. The minimum atomic E-state index is -0.0161. The average molecular weight is 436 g/mol. The Morgan fingerprint density at radius 3 is 2.60 bits per heavy atom. The second-order valence-corrected chi connectivity index (χ2v) is 7.53. The lowest BCUT2D eigenvalue weighted by Crippen LogP contribution is -2.06. The molecule has 2 N–H and O–H groups in total. The van der Waals surface area contributed by atoms with E-state index in [2.05, 4.69) is 9.97 Å². The Bertz CT molecular complexity index is 842. The Kier molecular flexibility index (Phi) is 7.28. The van der Waals surface area contributed by atoms with Gasteiger partial charge in [-0.15, -0.1) is 12.4 Å². The topological polar surface area (TPSA) is 56.7 Å². The monoisotopic (exact) mass is 434 g/mol. The molecular weight excluding hydrogens is 422 g/mol. The summed E-state index contributed by atoms with van der Waals surface area (Å²) >= 11 is 20.2. The lowest BCUT2D eigenvalue weighted by Gasteiger charge is -2.19. The largest absolute Gasteiger partial charge is 0.397 e. The summed E-state index contributed by atoms with van der Waals surface area (Å²) in [5.74, 6) is 0. The summed E-state index contributed by atoms with van der Waals surface area (Å²) in [5.41, 5.74) is 7.20. The van der Waals surface area contributed by atoms with E-state index >= 15 is 0 Å². The van der Waals surface area contributed by atoms with Crippen LogP contribution < -0.4 is 5.73 Å². The Morgan fingerprint density at radius 2 is 1.96 bits per heavy atom. The summed E-state index contributed by atoms with van der Waals surface area (Å²) < 4.78 is 1.98. The summed E-state index contributed by atoms with van der Waals surface area (Å²) in [6.45, 7) is 0.661. The van der Waals surface area contributed by atoms with Crippen molar-refractivity contribution in [2.24, 2.45) is 0 Å². The van der Waals surface area contributed by atoms with Crippen LogP contribution in [0.5, 0.6) is 0 Å². The third-order valence-corrected chi connectivity index (χ3v) is 5.53. The van der Waals surface area contributed by atoms with Gasteiger partial charge in [0.15, 0.2) is 0 Å². The van der Waals surface area contributed by atoms with Crippen LogP contribution in [0, 0.1) is 0 Å². The standard InChI is InChI=1S/C16H13Cl3N4S.ClH/c17-10-1-2-12(13(18)5-10)15(8-23-4-3-21-9-23)24-16-14(19)6-11(20)7-22-16;/h1-7,9,15H,8,20H2;1H. The molecule has 2 heterocycles. The Labute approximate surface area is 171 Å². The highest BCUT2D eigenvalue weighted by Gasteiger charge is 2.19. The number of rotatable bonds is 5. The van der Waals surface area contributed by atoms with E-state index in [0.717, 1.165) is 5.56 Å². The summed E-state index contributed by atoms with van der Waals surface area (Å²) in [7, 11) is 0. The molecule has 3 rings (SSSR count). The average Bonchev–Trinajstić information content (AvgIpc) is 3.02. The molecule has 0 fully saturated rings. The SMILES string of the molecule is Cl.Nc1cnc(SC(Cn2ccnc2)c2ccc(Cl)cc2Cl)c(Cl)c1. The number of aromatic nitrogens is 3. The number of nitrogens with two attached hydrogens (primary N) is 1. The fraction of sp³-hybridized carbons (Fsp3) is 0.125. The molecule has 9 heteroatoms. The van der Waals surface area contributed by atoms with Gasteiger partial charge in [0, 0.05) is 29.0 Å². The number of nitrogen functional groups attached to an aromatic ring is 1. The van der Waals surface area contributed by atoms with Crippen LogP contribution in [0.3, 0.4) is 0 Å². The fourth-order valence-corrected chi connectivity index (χ4v) is 4.26. The molecule has 0 bridgehead atoms. The minimum absolute atomic E-state index is 0. The van der Waals surface area contributed by atoms with Crippen molar-refractivity contribution in [3.05, 3.63) is 69.8 Å². The first-order valence-electron chi connectivity index (χ1n) is 7.01. The van der Waals surface area contributed by atoms with Crippen molar-refractivity contribution in [3.63, 3.8) is 0 Å². The van der Waals surface area contributed by atoms with Crippen LogP contribution >= 0.6 is 59.0 Å². The van der Waals surface area contributed by atoms with Gasteiger partial charge in [0.1, 0.15) is 5.03 Å². The van der Waals surface area contributed by atoms with Crippen molar-refractivity contribution >= 4 is 64.7 Å². The minimum Gasteiger partial charge on any atom is -0.397 e. The number of benzene rings is 1. The third-order valence-electron chi connectivity index (χ3n) is 3.33. The molecule has 0 aliphatic heterocycles. The van der Waals surface area contributed by atoms with E-state index in [1.165, 1.54) is 11.8 Å². The van der Waals surface area contributed by atoms with Gasteiger partial charge < -0.3 is 10.3 Å². The van der Waals surface area contributed by atoms with Gasteiger partial charge in [-0.3, -0.25) is 0 Å². The zero-order valence-corrected chi connectivity index (χ0v) is 16.7. The van der Waals surface area contributed by atoms with Crippen LogP contribution in [0.4, 0.5) is 5.69 Å². The fourth-order valence-electron chi connectivity index (χ4n) is 2.21. The zero-order chi connectivity index (χ0) is 17.1. The molecule has 0 saturated heterocycles. The maximum absolute atomic E-state index is 6.40. The van der Waals surface area contributed by atoms with Crippen molar-refractivity contribution in [2.75, 3.05) is 5.73 Å². The smallest absolute Gasteiger partial charge is 0.115 e. The van der Waals surface area contributed by atoms with E-state index in [1.807, 2.05) is 22.9 Å². The van der Waals surface area contributed by atoms with E-state index in [4.69, 9.17) is 40.5 Å². The number of hydrogen-bond acceptors (Lipinski definition) is 4. The molecule has 3 aromatic rings. The summed E-state index contributed by atoms with van der Waals surface area (Å²) in [6, 6.07) is 7.17. The predicted molar refractivity (Wildman–Crippen MR) is 108 cm³/mol. The first-order valence-corrected chi connectivity index (χ1v) is 9.02. The van der Waals surface area contributed by atoms with Gasteiger partial charge in [-0.05, 0) is 23.8 Å². The Hall–Kier alpha value is -1.11. The summed E-state index contributed by atoms with van der Waals surface area (Å²) in [4.78, 5) is 8.41. The number of hydrogen-bond donors (Lipinski definition) is 1. The van der Waals surface area contributed by atoms with Crippen LogP contribution in [0.1, 0.15) is 10.8 Å². The molecule has 0 saturated carbocycles. The van der Waals surface area contributed by atoms with Crippen molar-refractivity contribution in [2.45, 2.75) is 16.8 Å². The molecule has 0 aliphatic carbocycles. The quantitative estimate of drug-likeness (QED) is 0.516. The summed E-state index contributed by atoms with van der Waals surface area (Å²) in [6.07, 6.45) is 6.98. The second kappa shape index (κ2) is 9.01. The van der Waals surface area contributed by atoms with Crippen LogP contribution in [0.25, 0.3) is 0 Å². The number of pyridine rings is 1. The molecular formula is C16H14Cl4N4S. The number of halogens is 4. The highest BCUT2D eigenvalue weighted by molar-refractivity contribution is 7.99. The molecule has 0 spiro atoms. The molecule has 0 radical (unpaired) electrons. The van der Waals surface area contributed by atoms with Crippen LogP contribution in [0.15, 0.2) is 54.2 Å².